The Morgan fingerprint density at radius 1 is 0.716 bits per heavy atom. The normalized spacial score (nSPS) is 34.9. The molecule has 0 aromatic carbocycles. The summed E-state index contributed by atoms with van der Waals surface area (Å²) in [5.41, 5.74) is 5.54. The zero-order valence-corrected chi connectivity index (χ0v) is 49.6. The largest absolute Gasteiger partial charge is 0.458 e. The van der Waals surface area contributed by atoms with Gasteiger partial charge in [-0.15, -0.1) is 6.58 Å². The number of carbonyl (C=O) groups is 2. The van der Waals surface area contributed by atoms with Crippen LogP contribution in [0.3, 0.4) is 0 Å². The predicted molar refractivity (Wildman–Crippen MR) is 322 cm³/mol. The Bertz CT molecular complexity index is 1950. The zero-order chi connectivity index (χ0) is 60.0. The number of rotatable bonds is 17. The molecule has 0 saturated carbocycles. The third-order valence-corrected chi connectivity index (χ3v) is 15.8. The summed E-state index contributed by atoms with van der Waals surface area (Å²) < 4.78 is 12.0. The number of ether oxygens (including phenoxy) is 2. The van der Waals surface area contributed by atoms with Gasteiger partial charge in [-0.05, 0) is 165 Å². The van der Waals surface area contributed by atoms with Gasteiger partial charge in [-0.2, -0.15) is 0 Å². The van der Waals surface area contributed by atoms with E-state index < -0.39 is 90.7 Å². The summed E-state index contributed by atoms with van der Waals surface area (Å²) in [6.45, 7) is 11.8. The SMILES string of the molecule is C=CCCC(C)CCC(O)C1C/C=C/C(=O)C(C)C(O)C(C)/C=C/C=C/C=C/C=C/C=C/CCCC(=O)OC(/C=C/CC(O)CCCC(O)CCCN)CC(O)CC(O)CC(O)CCCC2CC(O)CC(O)(O2)C(C)/C=C/C(O)CC1. The molecule has 0 aliphatic carbocycles. The molecule has 1 saturated heterocycles. The van der Waals surface area contributed by atoms with Gasteiger partial charge in [0.2, 0.25) is 0 Å². The van der Waals surface area contributed by atoms with Crippen molar-refractivity contribution in [3.63, 3.8) is 0 Å². The van der Waals surface area contributed by atoms with Gasteiger partial charge >= 0.3 is 5.97 Å². The van der Waals surface area contributed by atoms with Crippen LogP contribution < -0.4 is 5.73 Å². The minimum Gasteiger partial charge on any atom is -0.458 e. The number of ketones is 1. The molecule has 0 amide bonds. The number of hydrogen-bond donors (Lipinski definition) is 11. The van der Waals surface area contributed by atoms with Crippen molar-refractivity contribution in [2.45, 2.75) is 255 Å². The van der Waals surface area contributed by atoms with Gasteiger partial charge < -0.3 is 66.3 Å². The van der Waals surface area contributed by atoms with Crippen LogP contribution in [-0.4, -0.2) is 142 Å². The van der Waals surface area contributed by atoms with Gasteiger partial charge in [0, 0.05) is 37.0 Å². The fourth-order valence-electron chi connectivity index (χ4n) is 10.4. The Morgan fingerprint density at radius 3 is 2.10 bits per heavy atom. The maximum Gasteiger partial charge on any atom is 0.306 e. The van der Waals surface area contributed by atoms with E-state index in [1.165, 1.54) is 6.08 Å². The molecule has 0 radical (unpaired) electrons. The topological polar surface area (TPSA) is 281 Å². The van der Waals surface area contributed by atoms with Crippen molar-refractivity contribution in [1.29, 1.82) is 0 Å². The standard InChI is InChI=1S/C66H109NO14/c1-6-7-24-48(2)36-41-63(76)52-26-19-34-62(75)51(5)65(78)49(3)25-17-15-13-11-9-8-10-12-14-16-18-35-64(77)80-60(32-21-29-53(68)27-20-28-54(69)31-23-42-67)45-58(73)44-57(72)43-56(71)30-22-33-61-46-59(74)47-66(79,81-61)50(4)37-39-55(70)40-38-52/h6,8-15,17,19,21,25,32,34,37,39,48-61,63,65,68-74,76,78-79H,1,7,16,18,20,22-24,26-31,33,35-36,38,40-47,67H2,2-5H3/b10-8+,11-9+,14-12+,15-13+,25-17+,32-21+,34-19+,39-37+. The molecule has 2 aliphatic rings. The van der Waals surface area contributed by atoms with Crippen molar-refractivity contribution >= 4 is 11.8 Å². The first-order chi connectivity index (χ1) is 38.7. The molecule has 81 heavy (non-hydrogen) atoms. The third kappa shape index (κ3) is 34.0. The highest BCUT2D eigenvalue weighted by Crippen LogP contribution is 2.36. The molecular weight excluding hydrogens is 1030 g/mol. The molecule has 12 N–H and O–H groups in total. The first-order valence-electron chi connectivity index (χ1n) is 30.6. The molecule has 1 fully saturated rings. The smallest absolute Gasteiger partial charge is 0.306 e. The summed E-state index contributed by atoms with van der Waals surface area (Å²) in [5, 5.41) is 110. The van der Waals surface area contributed by atoms with Crippen molar-refractivity contribution in [3.05, 3.63) is 110 Å². The lowest BCUT2D eigenvalue weighted by Gasteiger charge is -2.42. The average molecular weight is 1140 g/mol. The van der Waals surface area contributed by atoms with Crippen molar-refractivity contribution in [1.82, 2.24) is 0 Å². The number of aliphatic hydroxyl groups is 10. The third-order valence-electron chi connectivity index (χ3n) is 15.8. The Morgan fingerprint density at radius 2 is 1.38 bits per heavy atom. The zero-order valence-electron chi connectivity index (χ0n) is 49.6. The molecule has 15 heteroatoms. The second-order valence-electron chi connectivity index (χ2n) is 23.4. The van der Waals surface area contributed by atoms with E-state index in [-0.39, 0.29) is 69.0 Å². The summed E-state index contributed by atoms with van der Waals surface area (Å²) in [5.74, 6) is -3.88. The Balaban J connectivity index is 2.25. The number of fused-ring (bicyclic) bond motifs is 2. The molecule has 462 valence electrons. The first-order valence-corrected chi connectivity index (χ1v) is 30.6. The second kappa shape index (κ2) is 43.0. The molecule has 17 atom stereocenters. The van der Waals surface area contributed by atoms with Crippen molar-refractivity contribution < 1.29 is 70.1 Å². The van der Waals surface area contributed by atoms with Crippen LogP contribution in [0.25, 0.3) is 0 Å². The lowest BCUT2D eigenvalue weighted by atomic mass is 9.86. The van der Waals surface area contributed by atoms with Crippen LogP contribution in [-0.2, 0) is 19.1 Å². The Hall–Kier alpha value is -3.68. The minimum absolute atomic E-state index is 0.0118. The summed E-state index contributed by atoms with van der Waals surface area (Å²) >= 11 is 0. The van der Waals surface area contributed by atoms with Crippen LogP contribution in [0.1, 0.15) is 182 Å². The number of hydrogen-bond acceptors (Lipinski definition) is 15. The highest BCUT2D eigenvalue weighted by atomic mass is 16.6. The lowest BCUT2D eigenvalue weighted by Crippen LogP contribution is -2.50. The Kier molecular flexibility index (Phi) is 39.0. The number of aliphatic hydroxyl groups excluding tert-OH is 9. The number of allylic oxidation sites excluding steroid dienone is 12. The molecule has 2 aliphatic heterocycles. The van der Waals surface area contributed by atoms with Crippen LogP contribution >= 0.6 is 0 Å². The fraction of sp³-hybridized carbons (Fsp3) is 0.697. The van der Waals surface area contributed by atoms with Gasteiger partial charge in [0.05, 0.1) is 61.0 Å². The molecule has 2 bridgehead atoms. The van der Waals surface area contributed by atoms with E-state index in [1.807, 2.05) is 73.8 Å². The number of nitrogens with two attached hydrogens (primary N) is 1. The molecule has 2 heterocycles. The lowest BCUT2D eigenvalue weighted by molar-refractivity contribution is -0.289. The van der Waals surface area contributed by atoms with Crippen LogP contribution in [0.5, 0.6) is 0 Å². The number of cyclic esters (lactones) is 1. The number of carbonyl (C=O) groups excluding carboxylic acids is 2. The van der Waals surface area contributed by atoms with E-state index in [2.05, 4.69) is 13.5 Å². The monoisotopic (exact) mass is 1140 g/mol. The van der Waals surface area contributed by atoms with Crippen LogP contribution in [0.15, 0.2) is 110 Å². The van der Waals surface area contributed by atoms with Gasteiger partial charge in [0.1, 0.15) is 6.10 Å². The highest BCUT2D eigenvalue weighted by Gasteiger charge is 2.43. The highest BCUT2D eigenvalue weighted by molar-refractivity contribution is 5.91. The van der Waals surface area contributed by atoms with E-state index in [4.69, 9.17) is 15.2 Å². The quantitative estimate of drug-likeness (QED) is 0.0479. The van der Waals surface area contributed by atoms with Crippen molar-refractivity contribution in [2.24, 2.45) is 35.3 Å². The van der Waals surface area contributed by atoms with E-state index in [1.54, 1.807) is 44.2 Å². The number of esters is 1. The molecular formula is C66H109NO14. The molecule has 0 aromatic heterocycles. The fourth-order valence-corrected chi connectivity index (χ4v) is 10.4. The van der Waals surface area contributed by atoms with Gasteiger partial charge in [0.15, 0.2) is 11.6 Å². The molecule has 15 nitrogen and oxygen atoms in total. The maximum atomic E-state index is 13.3. The Labute approximate surface area is 486 Å². The van der Waals surface area contributed by atoms with E-state index in [9.17, 15) is 60.7 Å². The van der Waals surface area contributed by atoms with E-state index >= 15 is 0 Å². The maximum absolute atomic E-state index is 13.3. The van der Waals surface area contributed by atoms with E-state index in [0.717, 1.165) is 25.7 Å². The van der Waals surface area contributed by atoms with Crippen molar-refractivity contribution in [2.75, 3.05) is 6.54 Å². The van der Waals surface area contributed by atoms with Gasteiger partial charge in [-0.25, -0.2) is 0 Å². The summed E-state index contributed by atoms with van der Waals surface area (Å²) in [4.78, 5) is 26.3. The minimum atomic E-state index is -1.73. The second-order valence-corrected chi connectivity index (χ2v) is 23.4. The molecule has 0 spiro atoms. The molecule has 0 aromatic rings. The van der Waals surface area contributed by atoms with Crippen LogP contribution in [0, 0.1) is 29.6 Å². The van der Waals surface area contributed by atoms with Crippen molar-refractivity contribution in [3.8, 4) is 0 Å². The average Bonchev–Trinajstić information content (AvgIpc) is 3.48. The predicted octanol–water partition coefficient (Wildman–Crippen LogP) is 8.93. The van der Waals surface area contributed by atoms with Crippen LogP contribution in [0.4, 0.5) is 0 Å². The first kappa shape index (κ1) is 73.4. The molecule has 2 rings (SSSR count). The summed E-state index contributed by atoms with van der Waals surface area (Å²) in [7, 11) is 0. The summed E-state index contributed by atoms with van der Waals surface area (Å²) in [6.07, 6.45) is 31.7. The van der Waals surface area contributed by atoms with Crippen LogP contribution in [0.2, 0.25) is 0 Å². The summed E-state index contributed by atoms with van der Waals surface area (Å²) in [6, 6.07) is 0. The van der Waals surface area contributed by atoms with Gasteiger partial charge in [0.25, 0.3) is 0 Å². The van der Waals surface area contributed by atoms with Gasteiger partial charge in [-0.1, -0.05) is 119 Å². The molecule has 17 unspecified atom stereocenters. The van der Waals surface area contributed by atoms with Gasteiger partial charge in [-0.3, -0.25) is 9.59 Å². The van der Waals surface area contributed by atoms with E-state index in [0.29, 0.717) is 89.5 Å².